The largest absolute Gasteiger partial charge is 0.467 e. The summed E-state index contributed by atoms with van der Waals surface area (Å²) in [5.74, 6) is 0.959. The van der Waals surface area contributed by atoms with Crippen molar-refractivity contribution in [3.8, 4) is 0 Å². The number of nitrogens with two attached hydrogens (primary N) is 1. The number of aromatic nitrogens is 1. The van der Waals surface area contributed by atoms with E-state index in [1.54, 1.807) is 48.1 Å². The second-order valence-electron chi connectivity index (χ2n) is 5.91. The van der Waals surface area contributed by atoms with Crippen LogP contribution in [0.3, 0.4) is 0 Å². The highest BCUT2D eigenvalue weighted by atomic mass is 32.2. The van der Waals surface area contributed by atoms with Crippen molar-refractivity contribution >= 4 is 15.7 Å². The van der Waals surface area contributed by atoms with E-state index in [-0.39, 0.29) is 15.6 Å². The Labute approximate surface area is 141 Å². The van der Waals surface area contributed by atoms with E-state index in [1.165, 1.54) is 0 Å². The predicted molar refractivity (Wildman–Crippen MR) is 92.8 cm³/mol. The second kappa shape index (κ2) is 5.87. The molecule has 0 bridgehead atoms. The minimum Gasteiger partial charge on any atom is -0.467 e. The molecule has 126 valence electrons. The average molecular weight is 344 g/mol. The maximum atomic E-state index is 13.0. The predicted octanol–water partition coefficient (Wildman–Crippen LogP) is 3.47. The molecule has 0 aliphatic rings. The lowest BCUT2D eigenvalue weighted by molar-refractivity contribution is 0.492. The van der Waals surface area contributed by atoms with E-state index in [9.17, 15) is 8.42 Å². The summed E-state index contributed by atoms with van der Waals surface area (Å²) in [6, 6.07) is 10.4. The van der Waals surface area contributed by atoms with Crippen LogP contribution in [-0.2, 0) is 16.4 Å². The molecular formula is C18H20N2O3S. The second-order valence-corrected chi connectivity index (χ2v) is 7.79. The van der Waals surface area contributed by atoms with E-state index in [0.29, 0.717) is 12.1 Å². The third-order valence-corrected chi connectivity index (χ3v) is 6.25. The van der Waals surface area contributed by atoms with E-state index < -0.39 is 9.84 Å². The van der Waals surface area contributed by atoms with Gasteiger partial charge in [0.15, 0.2) is 0 Å². The monoisotopic (exact) mass is 344 g/mol. The molecule has 0 amide bonds. The molecular weight excluding hydrogens is 324 g/mol. The van der Waals surface area contributed by atoms with Crippen molar-refractivity contribution in [2.24, 2.45) is 0 Å². The van der Waals surface area contributed by atoms with E-state index >= 15 is 0 Å². The number of aryl methyl sites for hydroxylation is 1. The molecule has 2 heterocycles. The normalized spacial score (nSPS) is 11.8. The molecule has 0 radical (unpaired) electrons. The van der Waals surface area contributed by atoms with E-state index in [4.69, 9.17) is 10.2 Å². The molecule has 0 saturated heterocycles. The Morgan fingerprint density at radius 3 is 2.33 bits per heavy atom. The fourth-order valence-corrected chi connectivity index (χ4v) is 4.47. The van der Waals surface area contributed by atoms with Crippen LogP contribution in [0.5, 0.6) is 0 Å². The molecule has 2 N–H and O–H groups in total. The van der Waals surface area contributed by atoms with Crippen molar-refractivity contribution in [1.82, 2.24) is 4.57 Å². The maximum absolute atomic E-state index is 13.0. The van der Waals surface area contributed by atoms with Crippen molar-refractivity contribution in [3.63, 3.8) is 0 Å². The van der Waals surface area contributed by atoms with Crippen LogP contribution in [0, 0.1) is 20.8 Å². The van der Waals surface area contributed by atoms with Gasteiger partial charge in [-0.2, -0.15) is 0 Å². The molecule has 2 aromatic heterocycles. The highest BCUT2D eigenvalue weighted by Gasteiger charge is 2.28. The van der Waals surface area contributed by atoms with E-state index in [0.717, 1.165) is 17.0 Å². The number of benzene rings is 1. The summed E-state index contributed by atoms with van der Waals surface area (Å²) in [6.07, 6.45) is 1.58. The zero-order valence-corrected chi connectivity index (χ0v) is 14.7. The fourth-order valence-electron chi connectivity index (χ4n) is 2.80. The lowest BCUT2D eigenvalue weighted by Gasteiger charge is -2.08. The van der Waals surface area contributed by atoms with Gasteiger partial charge in [-0.25, -0.2) is 8.42 Å². The molecule has 5 nitrogen and oxygen atoms in total. The first kappa shape index (κ1) is 16.4. The minimum atomic E-state index is -3.67. The van der Waals surface area contributed by atoms with E-state index in [1.807, 2.05) is 19.9 Å². The SMILES string of the molecule is Cc1ccc(S(=O)(=O)c2c(C)c(C)n(Cc3ccco3)c2N)cc1. The van der Waals surface area contributed by atoms with Crippen LogP contribution in [0.1, 0.15) is 22.6 Å². The molecule has 3 rings (SSSR count). The van der Waals surface area contributed by atoms with Gasteiger partial charge in [-0.3, -0.25) is 0 Å². The van der Waals surface area contributed by atoms with Gasteiger partial charge in [0, 0.05) is 5.69 Å². The fraction of sp³-hybridized carbons (Fsp3) is 0.222. The Morgan fingerprint density at radius 2 is 1.75 bits per heavy atom. The summed E-state index contributed by atoms with van der Waals surface area (Å²) >= 11 is 0. The lowest BCUT2D eigenvalue weighted by Crippen LogP contribution is -2.09. The highest BCUT2D eigenvalue weighted by molar-refractivity contribution is 7.91. The number of furan rings is 1. The lowest BCUT2D eigenvalue weighted by atomic mass is 10.2. The van der Waals surface area contributed by atoms with Gasteiger partial charge in [-0.1, -0.05) is 17.7 Å². The Kier molecular flexibility index (Phi) is 4.01. The van der Waals surface area contributed by atoms with Crippen molar-refractivity contribution in [1.29, 1.82) is 0 Å². The molecule has 1 aromatic carbocycles. The Bertz CT molecular complexity index is 966. The third-order valence-electron chi connectivity index (χ3n) is 4.31. The molecule has 0 saturated carbocycles. The molecule has 0 aliphatic heterocycles. The summed E-state index contributed by atoms with van der Waals surface area (Å²) in [7, 11) is -3.67. The number of anilines is 1. The molecule has 24 heavy (non-hydrogen) atoms. The standard InChI is InChI=1S/C18H20N2O3S/c1-12-6-8-16(9-7-12)24(21,22)17-13(2)14(3)20(18(17)19)11-15-5-4-10-23-15/h4-10H,11,19H2,1-3H3. The third kappa shape index (κ3) is 2.63. The Morgan fingerprint density at radius 1 is 1.08 bits per heavy atom. The van der Waals surface area contributed by atoms with Crippen molar-refractivity contribution in [2.75, 3.05) is 5.73 Å². The molecule has 3 aromatic rings. The van der Waals surface area contributed by atoms with Crippen LogP contribution >= 0.6 is 0 Å². The first-order valence-electron chi connectivity index (χ1n) is 7.61. The minimum absolute atomic E-state index is 0.176. The van der Waals surface area contributed by atoms with Crippen LogP contribution in [0.15, 0.2) is 56.9 Å². The zero-order chi connectivity index (χ0) is 17.5. The number of nitrogens with zero attached hydrogens (tertiary/aromatic N) is 1. The molecule has 0 unspecified atom stereocenters. The number of rotatable bonds is 4. The zero-order valence-electron chi connectivity index (χ0n) is 13.9. The van der Waals surface area contributed by atoms with Gasteiger partial charge in [0.05, 0.1) is 17.7 Å². The van der Waals surface area contributed by atoms with Gasteiger partial charge < -0.3 is 14.7 Å². The number of nitrogen functional groups attached to an aromatic ring is 1. The molecule has 0 spiro atoms. The smallest absolute Gasteiger partial charge is 0.210 e. The Hall–Kier alpha value is -2.47. The first-order chi connectivity index (χ1) is 11.3. The summed E-state index contributed by atoms with van der Waals surface area (Å²) in [5.41, 5.74) is 8.70. The van der Waals surface area contributed by atoms with Gasteiger partial charge in [0.2, 0.25) is 9.84 Å². The maximum Gasteiger partial charge on any atom is 0.210 e. The number of sulfone groups is 1. The summed E-state index contributed by atoms with van der Waals surface area (Å²) in [4.78, 5) is 0.424. The molecule has 6 heteroatoms. The van der Waals surface area contributed by atoms with Gasteiger partial charge in [0.25, 0.3) is 0 Å². The molecule has 0 aliphatic carbocycles. The number of hydrogen-bond donors (Lipinski definition) is 1. The van der Waals surface area contributed by atoms with Gasteiger partial charge in [0.1, 0.15) is 16.5 Å². The first-order valence-corrected chi connectivity index (χ1v) is 9.10. The molecule has 0 atom stereocenters. The quantitative estimate of drug-likeness (QED) is 0.786. The average Bonchev–Trinajstić information content (AvgIpc) is 3.11. The van der Waals surface area contributed by atoms with Crippen LogP contribution < -0.4 is 5.73 Å². The van der Waals surface area contributed by atoms with Crippen LogP contribution in [0.2, 0.25) is 0 Å². The van der Waals surface area contributed by atoms with Crippen molar-refractivity contribution in [2.45, 2.75) is 37.1 Å². The van der Waals surface area contributed by atoms with Crippen LogP contribution in [-0.4, -0.2) is 13.0 Å². The van der Waals surface area contributed by atoms with Gasteiger partial charge in [-0.05, 0) is 50.6 Å². The Balaban J connectivity index is 2.13. The van der Waals surface area contributed by atoms with Gasteiger partial charge in [-0.15, -0.1) is 0 Å². The van der Waals surface area contributed by atoms with Crippen LogP contribution in [0.4, 0.5) is 5.82 Å². The summed E-state index contributed by atoms with van der Waals surface area (Å²) < 4.78 is 33.2. The van der Waals surface area contributed by atoms with Crippen molar-refractivity contribution < 1.29 is 12.8 Å². The van der Waals surface area contributed by atoms with Crippen LogP contribution in [0.25, 0.3) is 0 Å². The molecule has 0 fully saturated rings. The van der Waals surface area contributed by atoms with Gasteiger partial charge >= 0.3 is 0 Å². The van der Waals surface area contributed by atoms with Crippen molar-refractivity contribution in [3.05, 3.63) is 65.2 Å². The topological polar surface area (TPSA) is 78.2 Å². The van der Waals surface area contributed by atoms with E-state index in [2.05, 4.69) is 0 Å². The number of hydrogen-bond acceptors (Lipinski definition) is 4. The highest BCUT2D eigenvalue weighted by Crippen LogP contribution is 2.33. The summed E-state index contributed by atoms with van der Waals surface area (Å²) in [6.45, 7) is 5.96. The summed E-state index contributed by atoms with van der Waals surface area (Å²) in [5, 5.41) is 0.